The Hall–Kier alpha value is -2.62. The van der Waals surface area contributed by atoms with Crippen molar-refractivity contribution in [1.82, 2.24) is 10.2 Å². The summed E-state index contributed by atoms with van der Waals surface area (Å²) in [5, 5.41) is 8.63. The number of anilines is 1. The largest absolute Gasteiger partial charge is 0.416 e. The van der Waals surface area contributed by atoms with E-state index < -0.39 is 0 Å². The highest BCUT2D eigenvalue weighted by molar-refractivity contribution is 5.62. The van der Waals surface area contributed by atoms with Gasteiger partial charge in [-0.1, -0.05) is 47.6 Å². The summed E-state index contributed by atoms with van der Waals surface area (Å²) in [4.78, 5) is 2.06. The van der Waals surface area contributed by atoms with Gasteiger partial charge in [0.15, 0.2) is 0 Å². The zero-order valence-electron chi connectivity index (χ0n) is 18.3. The molecule has 0 saturated heterocycles. The molecular weight excluding hydrogens is 346 g/mol. The van der Waals surface area contributed by atoms with Crippen LogP contribution in [-0.4, -0.2) is 24.3 Å². The Bertz CT molecular complexity index is 923. The molecular formula is C24H31N3O. The average Bonchev–Trinajstić information content (AvgIpc) is 3.10. The molecule has 1 heterocycles. The topological polar surface area (TPSA) is 42.2 Å². The maximum absolute atomic E-state index is 6.06. The molecule has 0 fully saturated rings. The Morgan fingerprint density at radius 2 is 1.14 bits per heavy atom. The van der Waals surface area contributed by atoms with Gasteiger partial charge in [-0.3, -0.25) is 0 Å². The van der Waals surface area contributed by atoms with Gasteiger partial charge in [0.05, 0.1) is 0 Å². The van der Waals surface area contributed by atoms with Crippen LogP contribution in [0.5, 0.6) is 0 Å². The molecule has 0 radical (unpaired) electrons. The van der Waals surface area contributed by atoms with Crippen molar-refractivity contribution < 1.29 is 4.42 Å². The Morgan fingerprint density at radius 1 is 0.679 bits per heavy atom. The van der Waals surface area contributed by atoms with Crippen LogP contribution in [0, 0.1) is 0 Å². The van der Waals surface area contributed by atoms with E-state index >= 15 is 0 Å². The average molecular weight is 378 g/mol. The van der Waals surface area contributed by atoms with E-state index in [1.807, 2.05) is 26.2 Å². The number of rotatable bonds is 3. The third-order valence-corrected chi connectivity index (χ3v) is 4.97. The summed E-state index contributed by atoms with van der Waals surface area (Å²) in [7, 11) is 4.05. The Labute approximate surface area is 168 Å². The minimum Gasteiger partial charge on any atom is -0.416 e. The number of nitrogens with zero attached hydrogens (tertiary/aromatic N) is 3. The molecule has 3 rings (SSSR count). The monoisotopic (exact) mass is 377 g/mol. The van der Waals surface area contributed by atoms with E-state index in [9.17, 15) is 0 Å². The molecule has 28 heavy (non-hydrogen) atoms. The van der Waals surface area contributed by atoms with Crippen molar-refractivity contribution in [2.75, 3.05) is 19.0 Å². The third kappa shape index (κ3) is 4.27. The van der Waals surface area contributed by atoms with Gasteiger partial charge in [0.1, 0.15) is 0 Å². The van der Waals surface area contributed by atoms with Gasteiger partial charge in [0.2, 0.25) is 11.8 Å². The minimum atomic E-state index is 0.0425. The lowest BCUT2D eigenvalue weighted by Crippen LogP contribution is -2.16. The second-order valence-electron chi connectivity index (χ2n) is 9.65. The van der Waals surface area contributed by atoms with E-state index in [1.54, 1.807) is 0 Å². The minimum absolute atomic E-state index is 0.0425. The van der Waals surface area contributed by atoms with Crippen LogP contribution in [0.2, 0.25) is 0 Å². The summed E-state index contributed by atoms with van der Waals surface area (Å²) < 4.78 is 6.06. The van der Waals surface area contributed by atoms with Gasteiger partial charge >= 0.3 is 0 Å². The van der Waals surface area contributed by atoms with Gasteiger partial charge in [-0.05, 0) is 58.4 Å². The van der Waals surface area contributed by atoms with Crippen LogP contribution in [0.3, 0.4) is 0 Å². The number of benzene rings is 2. The van der Waals surface area contributed by atoms with Crippen molar-refractivity contribution in [1.29, 1.82) is 0 Å². The maximum atomic E-state index is 6.06. The van der Waals surface area contributed by atoms with Crippen LogP contribution in [0.15, 0.2) is 46.9 Å². The highest BCUT2D eigenvalue weighted by Crippen LogP contribution is 2.34. The lowest BCUT2D eigenvalue weighted by Gasteiger charge is -2.25. The lowest BCUT2D eigenvalue weighted by molar-refractivity contribution is 0.564. The molecule has 4 nitrogen and oxygen atoms in total. The molecule has 0 bridgehead atoms. The third-order valence-electron chi connectivity index (χ3n) is 4.97. The molecule has 0 amide bonds. The maximum Gasteiger partial charge on any atom is 0.248 e. The molecule has 0 aliphatic heterocycles. The zero-order chi connectivity index (χ0) is 20.7. The summed E-state index contributed by atoms with van der Waals surface area (Å²) in [5.74, 6) is 1.10. The summed E-state index contributed by atoms with van der Waals surface area (Å²) in [6.07, 6.45) is 0. The van der Waals surface area contributed by atoms with E-state index in [0.29, 0.717) is 11.8 Å². The second-order valence-corrected chi connectivity index (χ2v) is 9.65. The molecule has 0 aliphatic rings. The van der Waals surface area contributed by atoms with Crippen molar-refractivity contribution in [2.24, 2.45) is 0 Å². The zero-order valence-corrected chi connectivity index (χ0v) is 18.3. The molecule has 3 aromatic rings. The fraction of sp³-hybridized carbons (Fsp3) is 0.417. The molecule has 2 aromatic carbocycles. The van der Waals surface area contributed by atoms with Crippen LogP contribution < -0.4 is 4.90 Å². The first-order valence-electron chi connectivity index (χ1n) is 9.73. The van der Waals surface area contributed by atoms with Crippen molar-refractivity contribution in [3.8, 4) is 22.9 Å². The van der Waals surface area contributed by atoms with E-state index in [1.165, 1.54) is 11.1 Å². The molecule has 0 spiro atoms. The first-order chi connectivity index (χ1) is 12.9. The van der Waals surface area contributed by atoms with E-state index in [-0.39, 0.29) is 10.8 Å². The van der Waals surface area contributed by atoms with Gasteiger partial charge < -0.3 is 9.32 Å². The van der Waals surface area contributed by atoms with Gasteiger partial charge in [0.25, 0.3) is 0 Å². The number of aromatic nitrogens is 2. The van der Waals surface area contributed by atoms with Crippen molar-refractivity contribution in [3.05, 3.63) is 53.6 Å². The Kier molecular flexibility index (Phi) is 5.09. The molecule has 0 unspecified atom stereocenters. The van der Waals surface area contributed by atoms with Crippen LogP contribution in [0.25, 0.3) is 22.9 Å². The predicted octanol–water partition coefficient (Wildman–Crippen LogP) is 6.06. The quantitative estimate of drug-likeness (QED) is 0.556. The van der Waals surface area contributed by atoms with Crippen LogP contribution in [0.4, 0.5) is 5.69 Å². The van der Waals surface area contributed by atoms with Gasteiger partial charge in [-0.25, -0.2) is 0 Å². The molecule has 0 atom stereocenters. The SMILES string of the molecule is CN(C)c1ccc(-c2nnc(-c3cc(C(C)(C)C)cc(C(C)(C)C)c3)o2)cc1. The van der Waals surface area contributed by atoms with Gasteiger partial charge in [0, 0.05) is 30.9 Å². The van der Waals surface area contributed by atoms with Gasteiger partial charge in [-0.2, -0.15) is 0 Å². The van der Waals surface area contributed by atoms with E-state index in [2.05, 4.69) is 87.0 Å². The second kappa shape index (κ2) is 7.08. The molecule has 4 heteroatoms. The highest BCUT2D eigenvalue weighted by Gasteiger charge is 2.22. The van der Waals surface area contributed by atoms with E-state index in [0.717, 1.165) is 16.8 Å². The molecule has 148 valence electrons. The molecule has 0 aliphatic carbocycles. The first kappa shape index (κ1) is 20.1. The summed E-state index contributed by atoms with van der Waals surface area (Å²) in [6, 6.07) is 14.8. The van der Waals surface area contributed by atoms with Crippen LogP contribution in [0.1, 0.15) is 52.7 Å². The number of hydrogen-bond acceptors (Lipinski definition) is 4. The Morgan fingerprint density at radius 3 is 1.57 bits per heavy atom. The molecule has 0 N–H and O–H groups in total. The first-order valence-corrected chi connectivity index (χ1v) is 9.73. The van der Waals surface area contributed by atoms with Crippen LogP contribution in [-0.2, 0) is 10.8 Å². The van der Waals surface area contributed by atoms with E-state index in [4.69, 9.17) is 4.42 Å². The smallest absolute Gasteiger partial charge is 0.248 e. The fourth-order valence-corrected chi connectivity index (χ4v) is 2.98. The van der Waals surface area contributed by atoms with Gasteiger partial charge in [-0.15, -0.1) is 10.2 Å². The summed E-state index contributed by atoms with van der Waals surface area (Å²) >= 11 is 0. The Balaban J connectivity index is 2.02. The van der Waals surface area contributed by atoms with Crippen LogP contribution >= 0.6 is 0 Å². The standard InChI is InChI=1S/C24H31N3O/c1-23(2,3)18-13-17(14-19(15-18)24(4,5)6)22-26-25-21(28-22)16-9-11-20(12-10-16)27(7)8/h9-15H,1-8H3. The normalized spacial score (nSPS) is 12.3. The lowest BCUT2D eigenvalue weighted by atomic mass is 9.79. The van der Waals surface area contributed by atoms with Crippen molar-refractivity contribution in [2.45, 2.75) is 52.4 Å². The number of hydrogen-bond donors (Lipinski definition) is 0. The van der Waals surface area contributed by atoms with Crippen molar-refractivity contribution >= 4 is 5.69 Å². The highest BCUT2D eigenvalue weighted by atomic mass is 16.4. The molecule has 1 aromatic heterocycles. The summed E-state index contributed by atoms with van der Waals surface area (Å²) in [5.41, 5.74) is 5.65. The fourth-order valence-electron chi connectivity index (χ4n) is 2.98. The predicted molar refractivity (Wildman–Crippen MR) is 117 cm³/mol. The summed E-state index contributed by atoms with van der Waals surface area (Å²) in [6.45, 7) is 13.4. The molecule has 0 saturated carbocycles. The van der Waals surface area contributed by atoms with Crippen molar-refractivity contribution in [3.63, 3.8) is 0 Å².